The van der Waals surface area contributed by atoms with Crippen LogP contribution in [0.15, 0.2) is 42.5 Å². The summed E-state index contributed by atoms with van der Waals surface area (Å²) in [6.07, 6.45) is 3.88. The van der Waals surface area contributed by atoms with Crippen LogP contribution in [0, 0.1) is 5.92 Å². The zero-order valence-electron chi connectivity index (χ0n) is 12.4. The third kappa shape index (κ3) is 5.73. The number of ether oxygens (including phenoxy) is 1. The third-order valence-electron chi connectivity index (χ3n) is 3.00. The predicted molar refractivity (Wildman–Crippen MR) is 80.0 cm³/mol. The van der Waals surface area contributed by atoms with Crippen molar-refractivity contribution < 1.29 is 19.1 Å². The van der Waals surface area contributed by atoms with Gasteiger partial charge in [-0.15, -0.1) is 0 Å². The quantitative estimate of drug-likeness (QED) is 0.319. The Morgan fingerprint density at radius 3 is 2.38 bits per heavy atom. The van der Waals surface area contributed by atoms with Crippen molar-refractivity contribution in [2.24, 2.45) is 5.92 Å². The second kappa shape index (κ2) is 8.84. The van der Waals surface area contributed by atoms with Crippen LogP contribution >= 0.6 is 0 Å². The highest BCUT2D eigenvalue weighted by Crippen LogP contribution is 2.10. The average Bonchev–Trinajstić information content (AvgIpc) is 2.47. The Balaban J connectivity index is 2.51. The van der Waals surface area contributed by atoms with E-state index in [1.807, 2.05) is 18.2 Å². The Labute approximate surface area is 124 Å². The van der Waals surface area contributed by atoms with Crippen LogP contribution in [0.3, 0.4) is 0 Å². The number of benzene rings is 1. The van der Waals surface area contributed by atoms with Crippen LogP contribution in [-0.4, -0.2) is 24.1 Å². The molecule has 0 spiro atoms. The molecule has 0 saturated heterocycles. The summed E-state index contributed by atoms with van der Waals surface area (Å²) in [5, 5.41) is 0. The number of hydrogen-bond donors (Lipinski definition) is 0. The normalized spacial score (nSPS) is 12.1. The molecule has 21 heavy (non-hydrogen) atoms. The summed E-state index contributed by atoms with van der Waals surface area (Å²) in [6.45, 7) is 3.31. The SMILES string of the molecule is CCOC(=O)C(C/C=C/CC(=O)c1ccccc1)C(C)=O. The minimum atomic E-state index is -0.784. The largest absolute Gasteiger partial charge is 0.465 e. The summed E-state index contributed by atoms with van der Waals surface area (Å²) in [5.74, 6) is -1.52. The van der Waals surface area contributed by atoms with Crippen LogP contribution in [0.4, 0.5) is 0 Å². The highest BCUT2D eigenvalue weighted by molar-refractivity contribution is 5.98. The highest BCUT2D eigenvalue weighted by atomic mass is 16.5. The van der Waals surface area contributed by atoms with Crippen molar-refractivity contribution in [3.63, 3.8) is 0 Å². The molecule has 112 valence electrons. The first-order chi connectivity index (χ1) is 10.1. The van der Waals surface area contributed by atoms with Gasteiger partial charge in [-0.2, -0.15) is 0 Å². The Morgan fingerprint density at radius 2 is 1.81 bits per heavy atom. The fourth-order valence-corrected chi connectivity index (χ4v) is 1.84. The molecule has 1 rings (SSSR count). The van der Waals surface area contributed by atoms with Crippen molar-refractivity contribution in [2.75, 3.05) is 6.61 Å². The fourth-order valence-electron chi connectivity index (χ4n) is 1.84. The number of rotatable bonds is 8. The number of hydrogen-bond acceptors (Lipinski definition) is 4. The van der Waals surface area contributed by atoms with E-state index in [9.17, 15) is 14.4 Å². The molecule has 0 saturated carbocycles. The molecule has 0 amide bonds. The fraction of sp³-hybridized carbons (Fsp3) is 0.353. The molecule has 1 aromatic carbocycles. The van der Waals surface area contributed by atoms with Gasteiger partial charge in [0.1, 0.15) is 11.7 Å². The molecule has 1 unspecified atom stereocenters. The van der Waals surface area contributed by atoms with Crippen LogP contribution < -0.4 is 0 Å². The van der Waals surface area contributed by atoms with E-state index in [0.29, 0.717) is 5.56 Å². The van der Waals surface area contributed by atoms with E-state index in [1.54, 1.807) is 31.2 Å². The second-order valence-corrected chi connectivity index (χ2v) is 4.62. The van der Waals surface area contributed by atoms with Gasteiger partial charge in [0, 0.05) is 12.0 Å². The first-order valence-corrected chi connectivity index (χ1v) is 6.96. The smallest absolute Gasteiger partial charge is 0.316 e. The van der Waals surface area contributed by atoms with Gasteiger partial charge in [0.05, 0.1) is 6.61 Å². The van der Waals surface area contributed by atoms with E-state index >= 15 is 0 Å². The molecule has 0 heterocycles. The lowest BCUT2D eigenvalue weighted by atomic mass is 10.0. The molecule has 0 aromatic heterocycles. The minimum Gasteiger partial charge on any atom is -0.465 e. The molecule has 0 radical (unpaired) electrons. The first-order valence-electron chi connectivity index (χ1n) is 6.96. The summed E-state index contributed by atoms with van der Waals surface area (Å²) >= 11 is 0. The van der Waals surface area contributed by atoms with Crippen molar-refractivity contribution in [2.45, 2.75) is 26.7 Å². The van der Waals surface area contributed by atoms with E-state index in [1.165, 1.54) is 6.92 Å². The lowest BCUT2D eigenvalue weighted by Gasteiger charge is -2.09. The number of Topliss-reactive ketones (excluding diaryl/α,β-unsaturated/α-hetero) is 2. The number of esters is 1. The van der Waals surface area contributed by atoms with Gasteiger partial charge in [-0.1, -0.05) is 42.5 Å². The van der Waals surface area contributed by atoms with Crippen molar-refractivity contribution in [1.82, 2.24) is 0 Å². The summed E-state index contributed by atoms with van der Waals surface area (Å²) in [5.41, 5.74) is 0.649. The summed E-state index contributed by atoms with van der Waals surface area (Å²) in [4.78, 5) is 34.8. The Morgan fingerprint density at radius 1 is 1.14 bits per heavy atom. The van der Waals surface area contributed by atoms with Gasteiger partial charge in [-0.3, -0.25) is 14.4 Å². The van der Waals surface area contributed by atoms with E-state index in [0.717, 1.165) is 0 Å². The molecular weight excluding hydrogens is 268 g/mol. The number of carbonyl (C=O) groups excluding carboxylic acids is 3. The van der Waals surface area contributed by atoms with Gasteiger partial charge < -0.3 is 4.74 Å². The van der Waals surface area contributed by atoms with Crippen molar-refractivity contribution in [1.29, 1.82) is 0 Å². The van der Waals surface area contributed by atoms with Crippen molar-refractivity contribution >= 4 is 17.5 Å². The summed E-state index contributed by atoms with van der Waals surface area (Å²) in [7, 11) is 0. The molecule has 0 N–H and O–H groups in total. The van der Waals surface area contributed by atoms with Gasteiger partial charge in [0.25, 0.3) is 0 Å². The summed E-state index contributed by atoms with van der Waals surface area (Å²) < 4.78 is 4.85. The topological polar surface area (TPSA) is 60.4 Å². The maximum absolute atomic E-state index is 11.8. The van der Waals surface area contributed by atoms with Gasteiger partial charge in [-0.05, 0) is 20.3 Å². The van der Waals surface area contributed by atoms with Gasteiger partial charge >= 0.3 is 5.97 Å². The van der Waals surface area contributed by atoms with E-state index < -0.39 is 11.9 Å². The molecule has 0 aliphatic carbocycles. The molecule has 0 aliphatic heterocycles. The van der Waals surface area contributed by atoms with Crippen LogP contribution in [0.1, 0.15) is 37.0 Å². The van der Waals surface area contributed by atoms with E-state index in [2.05, 4.69) is 0 Å². The molecule has 1 atom stereocenters. The molecule has 0 aliphatic rings. The lowest BCUT2D eigenvalue weighted by Crippen LogP contribution is -2.23. The molecular formula is C17H20O4. The second-order valence-electron chi connectivity index (χ2n) is 4.62. The van der Waals surface area contributed by atoms with E-state index in [-0.39, 0.29) is 31.0 Å². The molecule has 4 heteroatoms. The standard InChI is InChI=1S/C17H20O4/c1-3-21-17(20)15(13(2)18)11-7-8-12-16(19)14-9-5-4-6-10-14/h4-10,15H,3,11-12H2,1-2H3/b8-7+. The van der Waals surface area contributed by atoms with Gasteiger partial charge in [0.2, 0.25) is 0 Å². The monoisotopic (exact) mass is 288 g/mol. The van der Waals surface area contributed by atoms with Crippen LogP contribution in [-0.2, 0) is 14.3 Å². The Kier molecular flexibility index (Phi) is 7.09. The molecule has 0 fully saturated rings. The molecule has 1 aromatic rings. The predicted octanol–water partition coefficient (Wildman–Crippen LogP) is 2.97. The maximum Gasteiger partial charge on any atom is 0.316 e. The lowest BCUT2D eigenvalue weighted by molar-refractivity contribution is -0.150. The van der Waals surface area contributed by atoms with Crippen LogP contribution in [0.5, 0.6) is 0 Å². The number of allylic oxidation sites excluding steroid dienone is 2. The van der Waals surface area contributed by atoms with Crippen molar-refractivity contribution in [3.8, 4) is 0 Å². The van der Waals surface area contributed by atoms with Crippen molar-refractivity contribution in [3.05, 3.63) is 48.0 Å². The molecule has 4 nitrogen and oxygen atoms in total. The minimum absolute atomic E-state index is 0.00218. The summed E-state index contributed by atoms with van der Waals surface area (Å²) in [6, 6.07) is 8.98. The number of ketones is 2. The zero-order valence-corrected chi connectivity index (χ0v) is 12.4. The maximum atomic E-state index is 11.8. The van der Waals surface area contributed by atoms with Gasteiger partial charge in [-0.25, -0.2) is 0 Å². The van der Waals surface area contributed by atoms with Gasteiger partial charge in [0.15, 0.2) is 5.78 Å². The first kappa shape index (κ1) is 16.8. The van der Waals surface area contributed by atoms with Crippen LogP contribution in [0.25, 0.3) is 0 Å². The zero-order chi connectivity index (χ0) is 15.7. The van der Waals surface area contributed by atoms with E-state index in [4.69, 9.17) is 4.74 Å². The highest BCUT2D eigenvalue weighted by Gasteiger charge is 2.22. The average molecular weight is 288 g/mol. The van der Waals surface area contributed by atoms with Crippen LogP contribution in [0.2, 0.25) is 0 Å². The molecule has 0 bridgehead atoms. The number of carbonyl (C=O) groups is 3. The third-order valence-corrected chi connectivity index (χ3v) is 3.00. The Hall–Kier alpha value is -2.23. The Bertz CT molecular complexity index is 517.